The molecule has 24 heavy (non-hydrogen) atoms. The zero-order chi connectivity index (χ0) is 17.0. The fourth-order valence-corrected chi connectivity index (χ4v) is 4.13. The maximum Gasteiger partial charge on any atom is 0.220 e. The summed E-state index contributed by atoms with van der Waals surface area (Å²) in [4.78, 5) is 12.3. The van der Waals surface area contributed by atoms with E-state index in [0.29, 0.717) is 19.4 Å². The van der Waals surface area contributed by atoms with E-state index in [1.54, 1.807) is 11.3 Å². The summed E-state index contributed by atoms with van der Waals surface area (Å²) in [5, 5.41) is 11.4. The quantitative estimate of drug-likeness (QED) is 0.871. The van der Waals surface area contributed by atoms with Gasteiger partial charge >= 0.3 is 0 Å². The Morgan fingerprint density at radius 2 is 2.17 bits per heavy atom. The number of nitrogens with one attached hydrogen (secondary N) is 1. The zero-order valence-electron chi connectivity index (χ0n) is 14.3. The summed E-state index contributed by atoms with van der Waals surface area (Å²) in [5.74, 6) is 0.885. The molecule has 6 heteroatoms. The maximum absolute atomic E-state index is 12.3. The summed E-state index contributed by atoms with van der Waals surface area (Å²) in [7, 11) is 0. The van der Waals surface area contributed by atoms with Crippen molar-refractivity contribution in [3.8, 4) is 0 Å². The highest BCUT2D eigenvalue weighted by molar-refractivity contribution is 7.08. The van der Waals surface area contributed by atoms with Crippen LogP contribution in [0.15, 0.2) is 21.3 Å². The van der Waals surface area contributed by atoms with Crippen LogP contribution in [0, 0.1) is 13.8 Å². The fraction of sp³-hybridized carbons (Fsp3) is 0.556. The maximum atomic E-state index is 12.3. The standard InChI is InChI=1S/C18H24N2O3S/c1-13-16(14(2)23-20-13)3-4-17(21)19-12-18(6-8-22-9-7-18)15-5-10-24-11-15/h5,10-11H,3-4,6-9,12H2,1-2H3,(H,19,21). The van der Waals surface area contributed by atoms with Crippen molar-refractivity contribution in [1.82, 2.24) is 10.5 Å². The molecule has 1 amide bonds. The third-order valence-corrected chi connectivity index (χ3v) is 5.67. The lowest BCUT2D eigenvalue weighted by atomic mass is 9.75. The number of nitrogens with zero attached hydrogens (tertiary/aromatic N) is 1. The first-order valence-electron chi connectivity index (χ1n) is 8.40. The number of ether oxygens (including phenoxy) is 1. The molecule has 0 atom stereocenters. The second kappa shape index (κ2) is 7.49. The number of hydrogen-bond donors (Lipinski definition) is 1. The van der Waals surface area contributed by atoms with Gasteiger partial charge in [0.05, 0.1) is 5.69 Å². The minimum atomic E-state index is 0.0109. The lowest BCUT2D eigenvalue weighted by Gasteiger charge is -2.37. The second-order valence-electron chi connectivity index (χ2n) is 6.48. The molecule has 0 aliphatic carbocycles. The van der Waals surface area contributed by atoms with Crippen molar-refractivity contribution in [3.05, 3.63) is 39.4 Å². The van der Waals surface area contributed by atoms with Crippen molar-refractivity contribution in [2.24, 2.45) is 0 Å². The van der Waals surface area contributed by atoms with Crippen molar-refractivity contribution in [1.29, 1.82) is 0 Å². The third kappa shape index (κ3) is 3.70. The van der Waals surface area contributed by atoms with Gasteiger partial charge in [0.2, 0.25) is 5.91 Å². The highest BCUT2D eigenvalue weighted by atomic mass is 32.1. The molecule has 0 unspecified atom stereocenters. The van der Waals surface area contributed by atoms with Crippen molar-refractivity contribution in [2.45, 2.75) is 44.9 Å². The normalized spacial score (nSPS) is 16.9. The average molecular weight is 348 g/mol. The first-order valence-corrected chi connectivity index (χ1v) is 9.34. The molecular formula is C18H24N2O3S. The van der Waals surface area contributed by atoms with Crippen LogP contribution < -0.4 is 5.32 Å². The number of amides is 1. The monoisotopic (exact) mass is 348 g/mol. The van der Waals surface area contributed by atoms with E-state index in [9.17, 15) is 4.79 Å². The summed E-state index contributed by atoms with van der Waals surface area (Å²) in [6, 6.07) is 2.17. The SMILES string of the molecule is Cc1noc(C)c1CCC(=O)NCC1(c2ccsc2)CCOCC1. The van der Waals surface area contributed by atoms with Gasteiger partial charge in [-0.2, -0.15) is 11.3 Å². The number of carbonyl (C=O) groups excluding carboxylic acids is 1. The van der Waals surface area contributed by atoms with Crippen molar-refractivity contribution < 1.29 is 14.1 Å². The van der Waals surface area contributed by atoms with Gasteiger partial charge in [0, 0.05) is 37.2 Å². The number of rotatable bonds is 6. The highest BCUT2D eigenvalue weighted by Gasteiger charge is 2.35. The van der Waals surface area contributed by atoms with E-state index in [4.69, 9.17) is 9.26 Å². The lowest BCUT2D eigenvalue weighted by Crippen LogP contribution is -2.44. The van der Waals surface area contributed by atoms with E-state index in [1.165, 1.54) is 5.56 Å². The van der Waals surface area contributed by atoms with Crippen LogP contribution in [0.25, 0.3) is 0 Å². The molecule has 2 aromatic rings. The summed E-state index contributed by atoms with van der Waals surface area (Å²) < 4.78 is 10.7. The first kappa shape index (κ1) is 17.2. The van der Waals surface area contributed by atoms with E-state index in [0.717, 1.165) is 43.1 Å². The summed E-state index contributed by atoms with van der Waals surface area (Å²) >= 11 is 1.71. The average Bonchev–Trinajstić information content (AvgIpc) is 3.23. The molecule has 0 aromatic carbocycles. The number of thiophene rings is 1. The molecule has 0 radical (unpaired) electrons. The fourth-order valence-electron chi connectivity index (χ4n) is 3.35. The van der Waals surface area contributed by atoms with Crippen molar-refractivity contribution >= 4 is 17.2 Å². The Hall–Kier alpha value is -1.66. The smallest absolute Gasteiger partial charge is 0.220 e. The van der Waals surface area contributed by atoms with Gasteiger partial charge in [0.25, 0.3) is 0 Å². The number of aromatic nitrogens is 1. The van der Waals surface area contributed by atoms with E-state index in [-0.39, 0.29) is 11.3 Å². The molecule has 130 valence electrons. The molecule has 0 bridgehead atoms. The lowest BCUT2D eigenvalue weighted by molar-refractivity contribution is -0.121. The minimum Gasteiger partial charge on any atom is -0.381 e. The first-order chi connectivity index (χ1) is 11.6. The van der Waals surface area contributed by atoms with Crippen molar-refractivity contribution in [3.63, 3.8) is 0 Å². The van der Waals surface area contributed by atoms with Gasteiger partial charge in [-0.15, -0.1) is 0 Å². The highest BCUT2D eigenvalue weighted by Crippen LogP contribution is 2.35. The number of hydrogen-bond acceptors (Lipinski definition) is 5. The Labute approximate surface area is 146 Å². The van der Waals surface area contributed by atoms with Gasteiger partial charge in [0.1, 0.15) is 5.76 Å². The number of carbonyl (C=O) groups is 1. The summed E-state index contributed by atoms with van der Waals surface area (Å²) in [5.41, 5.74) is 3.25. The predicted octanol–water partition coefficient (Wildman–Crippen LogP) is 3.15. The van der Waals surface area contributed by atoms with Gasteiger partial charge in [-0.25, -0.2) is 0 Å². The summed E-state index contributed by atoms with van der Waals surface area (Å²) in [6.07, 6.45) is 3.03. The van der Waals surface area contributed by atoms with Crippen LogP contribution in [-0.2, 0) is 21.4 Å². The van der Waals surface area contributed by atoms with E-state index in [2.05, 4.69) is 27.3 Å². The molecule has 5 nitrogen and oxygen atoms in total. The van der Waals surface area contributed by atoms with Crippen LogP contribution in [0.3, 0.4) is 0 Å². The van der Waals surface area contributed by atoms with Gasteiger partial charge in [-0.05, 0) is 55.5 Å². The number of aryl methyl sites for hydroxylation is 2. The Morgan fingerprint density at radius 1 is 1.38 bits per heavy atom. The van der Waals surface area contributed by atoms with Crippen LogP contribution in [0.1, 0.15) is 41.8 Å². The van der Waals surface area contributed by atoms with E-state index in [1.807, 2.05) is 13.8 Å². The van der Waals surface area contributed by atoms with E-state index >= 15 is 0 Å². The van der Waals surface area contributed by atoms with Gasteiger partial charge in [-0.3, -0.25) is 4.79 Å². The van der Waals surface area contributed by atoms with Gasteiger partial charge < -0.3 is 14.6 Å². The largest absolute Gasteiger partial charge is 0.381 e. The molecule has 2 aromatic heterocycles. The van der Waals surface area contributed by atoms with Crippen LogP contribution in [0.5, 0.6) is 0 Å². The molecule has 1 aliphatic heterocycles. The molecule has 3 rings (SSSR count). The van der Waals surface area contributed by atoms with Crippen LogP contribution in [0.4, 0.5) is 0 Å². The Bertz CT molecular complexity index is 653. The molecule has 1 fully saturated rings. The molecule has 1 aliphatic rings. The van der Waals surface area contributed by atoms with Crippen LogP contribution in [-0.4, -0.2) is 30.8 Å². The zero-order valence-corrected chi connectivity index (χ0v) is 15.1. The molecule has 0 spiro atoms. The molecule has 0 saturated carbocycles. The Kier molecular flexibility index (Phi) is 5.36. The predicted molar refractivity (Wildman–Crippen MR) is 93.4 cm³/mol. The van der Waals surface area contributed by atoms with Gasteiger partial charge in [-0.1, -0.05) is 5.16 Å². The Balaban J connectivity index is 1.58. The summed E-state index contributed by atoms with van der Waals surface area (Å²) in [6.45, 7) is 5.99. The Morgan fingerprint density at radius 3 is 2.79 bits per heavy atom. The van der Waals surface area contributed by atoms with Crippen molar-refractivity contribution in [2.75, 3.05) is 19.8 Å². The third-order valence-electron chi connectivity index (χ3n) is 4.99. The second-order valence-corrected chi connectivity index (χ2v) is 7.26. The molecular weight excluding hydrogens is 324 g/mol. The molecule has 3 heterocycles. The van der Waals surface area contributed by atoms with E-state index < -0.39 is 0 Å². The molecule has 1 saturated heterocycles. The van der Waals surface area contributed by atoms with Crippen LogP contribution >= 0.6 is 11.3 Å². The van der Waals surface area contributed by atoms with Gasteiger partial charge in [0.15, 0.2) is 0 Å². The molecule has 1 N–H and O–H groups in total. The minimum absolute atomic E-state index is 0.0109. The van der Waals surface area contributed by atoms with Crippen LogP contribution in [0.2, 0.25) is 0 Å². The topological polar surface area (TPSA) is 64.4 Å².